The molecule has 0 fully saturated rings. The van der Waals surface area contributed by atoms with Gasteiger partial charge < -0.3 is 25.4 Å². The molecule has 0 bridgehead atoms. The highest BCUT2D eigenvalue weighted by Crippen LogP contribution is 2.26. The summed E-state index contributed by atoms with van der Waals surface area (Å²) in [4.78, 5) is 42.1. The van der Waals surface area contributed by atoms with E-state index >= 15 is 0 Å². The van der Waals surface area contributed by atoms with Crippen LogP contribution in [0, 0.1) is 6.92 Å². The lowest BCUT2D eigenvalue weighted by Crippen LogP contribution is -2.54. The number of benzene rings is 2. The third-order valence-corrected chi connectivity index (χ3v) is 5.99. The number of alkyl carbamates (subject to hydrolysis) is 1. The molecule has 8 nitrogen and oxygen atoms in total. The Kier molecular flexibility index (Phi) is 11.6. The standard InChI is InChI=1S/C30H43N3O5/c1-7-9-18-31-27(35)26(24-13-11-10-12-21(24)3)33(19-8-2)28(36)25(32-29(37)38-30(4,5)6)20-22-14-16-23(34)17-15-22/h10-17,25-26,34H,7-9,18-20H2,1-6H3,(H,31,35)(H,32,37). The number of nitrogens with one attached hydrogen (secondary N) is 2. The van der Waals surface area contributed by atoms with E-state index in [9.17, 15) is 19.5 Å². The van der Waals surface area contributed by atoms with Crippen molar-refractivity contribution in [3.63, 3.8) is 0 Å². The van der Waals surface area contributed by atoms with Gasteiger partial charge in [-0.15, -0.1) is 0 Å². The van der Waals surface area contributed by atoms with E-state index in [-0.39, 0.29) is 24.0 Å². The van der Waals surface area contributed by atoms with Gasteiger partial charge in [0, 0.05) is 19.5 Å². The molecule has 2 aromatic carbocycles. The van der Waals surface area contributed by atoms with Gasteiger partial charge in [-0.25, -0.2) is 4.79 Å². The fourth-order valence-electron chi connectivity index (χ4n) is 4.15. The molecule has 0 aliphatic rings. The van der Waals surface area contributed by atoms with Crippen LogP contribution in [0.2, 0.25) is 0 Å². The van der Waals surface area contributed by atoms with Crippen LogP contribution in [0.25, 0.3) is 0 Å². The highest BCUT2D eigenvalue weighted by molar-refractivity contribution is 5.92. The fraction of sp³-hybridized carbons (Fsp3) is 0.500. The fourth-order valence-corrected chi connectivity index (χ4v) is 4.15. The molecular weight excluding hydrogens is 482 g/mol. The van der Waals surface area contributed by atoms with Crippen molar-refractivity contribution in [1.82, 2.24) is 15.5 Å². The molecule has 0 heterocycles. The number of amides is 3. The summed E-state index contributed by atoms with van der Waals surface area (Å²) in [6.07, 6.45) is 1.83. The van der Waals surface area contributed by atoms with Crippen molar-refractivity contribution < 1.29 is 24.2 Å². The molecule has 38 heavy (non-hydrogen) atoms. The molecule has 0 spiro atoms. The Bertz CT molecular complexity index is 1060. The molecule has 3 N–H and O–H groups in total. The Balaban J connectivity index is 2.50. The van der Waals surface area contributed by atoms with Crippen LogP contribution in [0.5, 0.6) is 5.75 Å². The maximum absolute atomic E-state index is 14.2. The second kappa shape index (κ2) is 14.4. The lowest BCUT2D eigenvalue weighted by Gasteiger charge is -2.35. The lowest BCUT2D eigenvalue weighted by atomic mass is 9.97. The van der Waals surface area contributed by atoms with Crippen molar-refractivity contribution in [2.24, 2.45) is 0 Å². The molecule has 0 radical (unpaired) electrons. The molecule has 208 valence electrons. The number of carbonyl (C=O) groups excluding carboxylic acids is 3. The molecule has 0 saturated heterocycles. The summed E-state index contributed by atoms with van der Waals surface area (Å²) >= 11 is 0. The van der Waals surface area contributed by atoms with E-state index in [1.807, 2.05) is 45.0 Å². The van der Waals surface area contributed by atoms with Gasteiger partial charge in [-0.1, -0.05) is 56.7 Å². The summed E-state index contributed by atoms with van der Waals surface area (Å²) < 4.78 is 5.45. The van der Waals surface area contributed by atoms with Gasteiger partial charge in [0.05, 0.1) is 0 Å². The number of rotatable bonds is 12. The predicted octanol–water partition coefficient (Wildman–Crippen LogP) is 5.03. The number of ether oxygens (including phenoxy) is 1. The zero-order valence-corrected chi connectivity index (χ0v) is 23.5. The highest BCUT2D eigenvalue weighted by Gasteiger charge is 2.36. The topological polar surface area (TPSA) is 108 Å². The average Bonchev–Trinajstić information content (AvgIpc) is 2.84. The summed E-state index contributed by atoms with van der Waals surface area (Å²) in [7, 11) is 0. The van der Waals surface area contributed by atoms with E-state index in [0.717, 1.165) is 29.5 Å². The van der Waals surface area contributed by atoms with Crippen LogP contribution in [-0.2, 0) is 20.7 Å². The van der Waals surface area contributed by atoms with Crippen LogP contribution >= 0.6 is 0 Å². The Labute approximate surface area is 226 Å². The first-order chi connectivity index (χ1) is 18.0. The molecule has 0 saturated carbocycles. The van der Waals surface area contributed by atoms with Crippen LogP contribution in [-0.4, -0.2) is 52.6 Å². The van der Waals surface area contributed by atoms with Crippen molar-refractivity contribution in [2.75, 3.05) is 13.1 Å². The van der Waals surface area contributed by atoms with Gasteiger partial charge in [0.2, 0.25) is 11.8 Å². The van der Waals surface area contributed by atoms with Gasteiger partial charge in [-0.05, 0) is 69.4 Å². The molecule has 2 rings (SSSR count). The summed E-state index contributed by atoms with van der Waals surface area (Å²) in [5, 5.41) is 15.4. The van der Waals surface area contributed by atoms with E-state index in [1.54, 1.807) is 37.8 Å². The minimum atomic E-state index is -0.990. The maximum Gasteiger partial charge on any atom is 0.408 e. The molecule has 2 aromatic rings. The summed E-state index contributed by atoms with van der Waals surface area (Å²) in [5.74, 6) is -0.535. The first-order valence-electron chi connectivity index (χ1n) is 13.4. The van der Waals surface area contributed by atoms with Gasteiger partial charge in [0.25, 0.3) is 0 Å². The normalized spacial score (nSPS) is 12.8. The van der Waals surface area contributed by atoms with Crippen LogP contribution in [0.4, 0.5) is 4.79 Å². The third kappa shape index (κ3) is 9.39. The molecule has 3 amide bonds. The van der Waals surface area contributed by atoms with E-state index in [1.165, 1.54) is 12.1 Å². The van der Waals surface area contributed by atoms with Crippen molar-refractivity contribution in [3.8, 4) is 5.75 Å². The Morgan fingerprint density at radius 2 is 1.66 bits per heavy atom. The number of nitrogens with zero attached hydrogens (tertiary/aromatic N) is 1. The molecule has 2 unspecified atom stereocenters. The quantitative estimate of drug-likeness (QED) is 0.337. The summed E-state index contributed by atoms with van der Waals surface area (Å²) in [5.41, 5.74) is 1.63. The Morgan fingerprint density at radius 1 is 1.00 bits per heavy atom. The molecular formula is C30H43N3O5. The maximum atomic E-state index is 14.2. The lowest BCUT2D eigenvalue weighted by molar-refractivity contribution is -0.142. The van der Waals surface area contributed by atoms with Gasteiger partial charge in [0.1, 0.15) is 23.4 Å². The Morgan fingerprint density at radius 3 is 2.24 bits per heavy atom. The Hall–Kier alpha value is -3.55. The number of carbonyl (C=O) groups is 3. The SMILES string of the molecule is CCCCNC(=O)C(c1ccccc1C)N(CCC)C(=O)C(Cc1ccc(O)cc1)NC(=O)OC(C)(C)C. The van der Waals surface area contributed by atoms with Crippen LogP contribution in [0.15, 0.2) is 48.5 Å². The van der Waals surface area contributed by atoms with E-state index in [4.69, 9.17) is 4.74 Å². The number of unbranched alkanes of at least 4 members (excludes halogenated alkanes) is 1. The van der Waals surface area contributed by atoms with Crippen LogP contribution in [0.3, 0.4) is 0 Å². The number of phenols is 1. The van der Waals surface area contributed by atoms with Crippen molar-refractivity contribution in [3.05, 3.63) is 65.2 Å². The molecule has 0 aromatic heterocycles. The van der Waals surface area contributed by atoms with Gasteiger partial charge in [-0.3, -0.25) is 9.59 Å². The van der Waals surface area contributed by atoms with E-state index in [2.05, 4.69) is 10.6 Å². The van der Waals surface area contributed by atoms with Crippen LogP contribution in [0.1, 0.15) is 76.6 Å². The first-order valence-corrected chi connectivity index (χ1v) is 13.4. The number of hydrogen-bond acceptors (Lipinski definition) is 5. The highest BCUT2D eigenvalue weighted by atomic mass is 16.6. The van der Waals surface area contributed by atoms with Crippen molar-refractivity contribution in [2.45, 2.75) is 84.9 Å². The number of hydrogen-bond donors (Lipinski definition) is 3. The van der Waals surface area contributed by atoms with Crippen molar-refractivity contribution in [1.29, 1.82) is 0 Å². The summed E-state index contributed by atoms with van der Waals surface area (Å²) in [6, 6.07) is 12.2. The van der Waals surface area contributed by atoms with E-state index < -0.39 is 23.8 Å². The second-order valence-electron chi connectivity index (χ2n) is 10.5. The third-order valence-electron chi connectivity index (χ3n) is 5.99. The smallest absolute Gasteiger partial charge is 0.408 e. The van der Waals surface area contributed by atoms with E-state index in [0.29, 0.717) is 19.5 Å². The summed E-state index contributed by atoms with van der Waals surface area (Å²) in [6.45, 7) is 12.0. The van der Waals surface area contributed by atoms with Crippen molar-refractivity contribution >= 4 is 17.9 Å². The zero-order valence-electron chi connectivity index (χ0n) is 23.5. The first kappa shape index (κ1) is 30.7. The zero-order chi connectivity index (χ0) is 28.3. The molecule has 2 atom stereocenters. The number of aromatic hydroxyl groups is 1. The minimum Gasteiger partial charge on any atom is -0.508 e. The van der Waals surface area contributed by atoms with Crippen LogP contribution < -0.4 is 10.6 Å². The largest absolute Gasteiger partial charge is 0.508 e. The average molecular weight is 526 g/mol. The predicted molar refractivity (Wildman–Crippen MR) is 149 cm³/mol. The molecule has 8 heteroatoms. The molecule has 0 aliphatic carbocycles. The van der Waals surface area contributed by atoms with Gasteiger partial charge in [-0.2, -0.15) is 0 Å². The monoisotopic (exact) mass is 525 g/mol. The van der Waals surface area contributed by atoms with Gasteiger partial charge in [0.15, 0.2) is 0 Å². The van der Waals surface area contributed by atoms with Gasteiger partial charge >= 0.3 is 6.09 Å². The minimum absolute atomic E-state index is 0.104. The number of phenolic OH excluding ortho intramolecular Hbond substituents is 1. The number of aryl methyl sites for hydroxylation is 1. The molecule has 0 aliphatic heterocycles. The second-order valence-corrected chi connectivity index (χ2v) is 10.5.